The summed E-state index contributed by atoms with van der Waals surface area (Å²) in [6.07, 6.45) is 16.2. The molecule has 0 aromatic carbocycles. The Hall–Kier alpha value is -0.570. The number of carbonyl (C=O) groups is 1. The lowest BCUT2D eigenvalue weighted by Crippen LogP contribution is -2.18. The van der Waals surface area contributed by atoms with Crippen LogP contribution in [0.5, 0.6) is 0 Å². The predicted octanol–water partition coefficient (Wildman–Crippen LogP) is 4.76. The van der Waals surface area contributed by atoms with E-state index >= 15 is 0 Å². The summed E-state index contributed by atoms with van der Waals surface area (Å²) in [5, 5.41) is 0. The largest absolute Gasteiger partial charge is 0.371 e. The standard InChI is InChI=1S/C16H33NO2/c1-3-4-5-6-7-8-9-10-11-12-13-14-15-17-19-16(2)18/h17H,3-15H2,1-2H3. The molecule has 0 unspecified atom stereocenters. The van der Waals surface area contributed by atoms with Gasteiger partial charge in [0.15, 0.2) is 0 Å². The number of hydrogen-bond acceptors (Lipinski definition) is 3. The van der Waals surface area contributed by atoms with Gasteiger partial charge in [-0.05, 0) is 6.42 Å². The maximum Gasteiger partial charge on any atom is 0.321 e. The van der Waals surface area contributed by atoms with Gasteiger partial charge < -0.3 is 4.84 Å². The smallest absolute Gasteiger partial charge is 0.321 e. The lowest BCUT2D eigenvalue weighted by Gasteiger charge is -2.04. The van der Waals surface area contributed by atoms with Gasteiger partial charge in [0.25, 0.3) is 0 Å². The fourth-order valence-corrected chi connectivity index (χ4v) is 2.19. The van der Waals surface area contributed by atoms with Crippen LogP contribution >= 0.6 is 0 Å². The second kappa shape index (κ2) is 15.5. The summed E-state index contributed by atoms with van der Waals surface area (Å²) < 4.78 is 0. The van der Waals surface area contributed by atoms with Crippen molar-refractivity contribution in [3.63, 3.8) is 0 Å². The van der Waals surface area contributed by atoms with Crippen LogP contribution in [0.15, 0.2) is 0 Å². The van der Waals surface area contributed by atoms with Gasteiger partial charge in [0.1, 0.15) is 0 Å². The van der Waals surface area contributed by atoms with E-state index in [4.69, 9.17) is 0 Å². The fraction of sp³-hybridized carbons (Fsp3) is 0.938. The molecule has 0 fully saturated rings. The highest BCUT2D eigenvalue weighted by atomic mass is 16.7. The van der Waals surface area contributed by atoms with Crippen LogP contribution in [0.1, 0.15) is 90.9 Å². The molecule has 0 spiro atoms. The highest BCUT2D eigenvalue weighted by molar-refractivity contribution is 5.65. The average molecular weight is 271 g/mol. The van der Waals surface area contributed by atoms with Crippen molar-refractivity contribution < 1.29 is 9.63 Å². The molecule has 114 valence electrons. The van der Waals surface area contributed by atoms with Crippen LogP contribution in [0.2, 0.25) is 0 Å². The summed E-state index contributed by atoms with van der Waals surface area (Å²) in [5.74, 6) is -0.265. The van der Waals surface area contributed by atoms with Crippen LogP contribution in [0.3, 0.4) is 0 Å². The number of hydrogen-bond donors (Lipinski definition) is 1. The van der Waals surface area contributed by atoms with E-state index in [0.29, 0.717) is 0 Å². The topological polar surface area (TPSA) is 38.3 Å². The van der Waals surface area contributed by atoms with Gasteiger partial charge >= 0.3 is 5.97 Å². The minimum atomic E-state index is -0.265. The normalized spacial score (nSPS) is 10.6. The first kappa shape index (κ1) is 18.4. The average Bonchev–Trinajstić information content (AvgIpc) is 2.39. The van der Waals surface area contributed by atoms with Crippen molar-refractivity contribution in [1.29, 1.82) is 0 Å². The van der Waals surface area contributed by atoms with Crippen LogP contribution in [-0.4, -0.2) is 12.5 Å². The van der Waals surface area contributed by atoms with Gasteiger partial charge in [0.2, 0.25) is 0 Å². The van der Waals surface area contributed by atoms with E-state index < -0.39 is 0 Å². The molecule has 0 aromatic rings. The third kappa shape index (κ3) is 17.4. The van der Waals surface area contributed by atoms with Gasteiger partial charge in [-0.1, -0.05) is 77.6 Å². The Balaban J connectivity index is 2.93. The summed E-state index contributed by atoms with van der Waals surface area (Å²) in [4.78, 5) is 15.1. The Morgan fingerprint density at radius 2 is 1.21 bits per heavy atom. The molecule has 0 aliphatic rings. The third-order valence-corrected chi connectivity index (χ3v) is 3.35. The molecule has 0 saturated carbocycles. The van der Waals surface area contributed by atoms with Gasteiger partial charge in [-0.2, -0.15) is 5.48 Å². The Labute approximate surface area is 119 Å². The van der Waals surface area contributed by atoms with Crippen molar-refractivity contribution in [2.24, 2.45) is 0 Å². The summed E-state index contributed by atoms with van der Waals surface area (Å²) in [6.45, 7) is 4.45. The van der Waals surface area contributed by atoms with Gasteiger partial charge in [0, 0.05) is 13.5 Å². The van der Waals surface area contributed by atoms with Crippen molar-refractivity contribution in [1.82, 2.24) is 5.48 Å². The number of rotatable bonds is 14. The van der Waals surface area contributed by atoms with Gasteiger partial charge in [0.05, 0.1) is 0 Å². The van der Waals surface area contributed by atoms with Crippen LogP contribution in [-0.2, 0) is 9.63 Å². The number of unbranched alkanes of at least 4 members (excludes halogenated alkanes) is 11. The molecule has 3 heteroatoms. The molecule has 3 nitrogen and oxygen atoms in total. The zero-order chi connectivity index (χ0) is 14.2. The molecule has 0 rings (SSSR count). The first-order valence-corrected chi connectivity index (χ1v) is 8.17. The molecular formula is C16H33NO2. The minimum Gasteiger partial charge on any atom is -0.371 e. The highest BCUT2D eigenvalue weighted by Crippen LogP contribution is 2.11. The molecular weight excluding hydrogens is 238 g/mol. The summed E-state index contributed by atoms with van der Waals surface area (Å²) >= 11 is 0. The van der Waals surface area contributed by atoms with Crippen LogP contribution in [0.25, 0.3) is 0 Å². The summed E-state index contributed by atoms with van der Waals surface area (Å²) in [6, 6.07) is 0. The Morgan fingerprint density at radius 1 is 0.789 bits per heavy atom. The molecule has 19 heavy (non-hydrogen) atoms. The second-order valence-corrected chi connectivity index (χ2v) is 5.38. The lowest BCUT2D eigenvalue weighted by atomic mass is 10.1. The van der Waals surface area contributed by atoms with Crippen molar-refractivity contribution in [3.8, 4) is 0 Å². The quantitative estimate of drug-likeness (QED) is 0.366. The first-order chi connectivity index (χ1) is 9.27. The molecule has 0 aliphatic heterocycles. The van der Waals surface area contributed by atoms with E-state index in [1.807, 2.05) is 0 Å². The minimum absolute atomic E-state index is 0.265. The SMILES string of the molecule is CCCCCCCCCCCCCCNOC(C)=O. The molecule has 0 radical (unpaired) electrons. The Kier molecular flexibility index (Phi) is 15.0. The monoisotopic (exact) mass is 271 g/mol. The van der Waals surface area contributed by atoms with Crippen molar-refractivity contribution >= 4 is 5.97 Å². The molecule has 0 bridgehead atoms. The van der Waals surface area contributed by atoms with E-state index in [1.54, 1.807) is 0 Å². The Morgan fingerprint density at radius 3 is 1.63 bits per heavy atom. The van der Waals surface area contributed by atoms with Crippen molar-refractivity contribution in [3.05, 3.63) is 0 Å². The second-order valence-electron chi connectivity index (χ2n) is 5.38. The fourth-order valence-electron chi connectivity index (χ4n) is 2.19. The predicted molar refractivity (Wildman–Crippen MR) is 80.8 cm³/mol. The van der Waals surface area contributed by atoms with E-state index in [9.17, 15) is 4.79 Å². The van der Waals surface area contributed by atoms with Crippen molar-refractivity contribution in [2.45, 2.75) is 90.9 Å². The van der Waals surface area contributed by atoms with E-state index in [0.717, 1.165) is 13.0 Å². The van der Waals surface area contributed by atoms with Crippen LogP contribution in [0, 0.1) is 0 Å². The zero-order valence-corrected chi connectivity index (χ0v) is 13.0. The van der Waals surface area contributed by atoms with Gasteiger partial charge in [-0.3, -0.25) is 4.79 Å². The molecule has 0 aromatic heterocycles. The van der Waals surface area contributed by atoms with Gasteiger partial charge in [-0.15, -0.1) is 0 Å². The van der Waals surface area contributed by atoms with Crippen LogP contribution in [0.4, 0.5) is 0 Å². The molecule has 0 aliphatic carbocycles. The van der Waals surface area contributed by atoms with Crippen LogP contribution < -0.4 is 5.48 Å². The third-order valence-electron chi connectivity index (χ3n) is 3.35. The molecule has 0 saturated heterocycles. The number of carbonyl (C=O) groups excluding carboxylic acids is 1. The van der Waals surface area contributed by atoms with E-state index in [-0.39, 0.29) is 5.97 Å². The van der Waals surface area contributed by atoms with Gasteiger partial charge in [-0.25, -0.2) is 0 Å². The van der Waals surface area contributed by atoms with Crippen molar-refractivity contribution in [2.75, 3.05) is 6.54 Å². The molecule has 0 heterocycles. The maximum absolute atomic E-state index is 10.5. The zero-order valence-electron chi connectivity index (χ0n) is 13.0. The van der Waals surface area contributed by atoms with E-state index in [2.05, 4.69) is 17.2 Å². The summed E-state index contributed by atoms with van der Waals surface area (Å²) in [5.41, 5.74) is 2.67. The highest BCUT2D eigenvalue weighted by Gasteiger charge is 1.94. The maximum atomic E-state index is 10.5. The molecule has 1 N–H and O–H groups in total. The summed E-state index contributed by atoms with van der Waals surface area (Å²) in [7, 11) is 0. The first-order valence-electron chi connectivity index (χ1n) is 8.17. The Bertz CT molecular complexity index is 195. The molecule has 0 amide bonds. The van der Waals surface area contributed by atoms with E-state index in [1.165, 1.54) is 77.6 Å². The number of nitrogens with one attached hydrogen (secondary N) is 1. The molecule has 0 atom stereocenters. The number of hydroxylamine groups is 1. The lowest BCUT2D eigenvalue weighted by molar-refractivity contribution is -0.148.